The van der Waals surface area contributed by atoms with E-state index in [4.69, 9.17) is 0 Å². The Bertz CT molecular complexity index is 529. The van der Waals surface area contributed by atoms with E-state index in [1.165, 1.54) is 0 Å². The summed E-state index contributed by atoms with van der Waals surface area (Å²) >= 11 is 0. The maximum absolute atomic E-state index is 12.2. The fraction of sp³-hybridized carbons (Fsp3) is 0.556. The second-order valence-corrected chi connectivity index (χ2v) is 6.48. The van der Waals surface area contributed by atoms with Crippen molar-refractivity contribution in [3.05, 3.63) is 29.8 Å². The molecule has 0 fully saturated rings. The molecule has 2 amide bonds. The molecular formula is C18H30N3O2+. The van der Waals surface area contributed by atoms with Gasteiger partial charge in [0.15, 0.2) is 13.1 Å². The van der Waals surface area contributed by atoms with Gasteiger partial charge in [0.1, 0.15) is 0 Å². The summed E-state index contributed by atoms with van der Waals surface area (Å²) in [6, 6.07) is 8.02. The number of nitrogens with one attached hydrogen (secondary N) is 3. The van der Waals surface area contributed by atoms with Crippen molar-refractivity contribution in [2.24, 2.45) is 0 Å². The smallest absolute Gasteiger partial charge is 0.279 e. The predicted molar refractivity (Wildman–Crippen MR) is 93.7 cm³/mol. The average molecular weight is 320 g/mol. The van der Waals surface area contributed by atoms with Gasteiger partial charge < -0.3 is 15.5 Å². The van der Waals surface area contributed by atoms with Crippen LogP contribution in [0.25, 0.3) is 0 Å². The minimum Gasteiger partial charge on any atom is -0.349 e. The highest BCUT2D eigenvalue weighted by Gasteiger charge is 2.16. The van der Waals surface area contributed by atoms with Crippen LogP contribution in [-0.4, -0.2) is 38.0 Å². The number of rotatable bonds is 8. The molecule has 2 atom stereocenters. The SMILES string of the molecule is CC[C@H](C)c1ccccc1NC(=O)C[NH+](C)CC(=O)NC(C)C. The van der Waals surface area contributed by atoms with E-state index >= 15 is 0 Å². The zero-order valence-corrected chi connectivity index (χ0v) is 14.9. The molecule has 5 heteroatoms. The molecule has 0 heterocycles. The molecule has 0 saturated heterocycles. The second-order valence-electron chi connectivity index (χ2n) is 6.48. The average Bonchev–Trinajstić information content (AvgIpc) is 2.45. The summed E-state index contributed by atoms with van der Waals surface area (Å²) in [6.45, 7) is 8.68. The van der Waals surface area contributed by atoms with Crippen LogP contribution in [0.15, 0.2) is 24.3 Å². The summed E-state index contributed by atoms with van der Waals surface area (Å²) in [5.74, 6) is 0.286. The number of carbonyl (C=O) groups is 2. The topological polar surface area (TPSA) is 62.6 Å². The maximum Gasteiger partial charge on any atom is 0.279 e. The van der Waals surface area contributed by atoms with Crippen LogP contribution >= 0.6 is 0 Å². The zero-order chi connectivity index (χ0) is 17.4. The molecule has 0 aromatic heterocycles. The molecule has 1 rings (SSSR count). The molecule has 0 bridgehead atoms. The van der Waals surface area contributed by atoms with E-state index < -0.39 is 0 Å². The van der Waals surface area contributed by atoms with E-state index in [-0.39, 0.29) is 24.4 Å². The van der Waals surface area contributed by atoms with E-state index in [0.29, 0.717) is 12.5 Å². The Morgan fingerprint density at radius 3 is 2.30 bits per heavy atom. The standard InChI is InChI=1S/C18H29N3O2/c1-6-14(4)15-9-7-8-10-16(15)20-18(23)12-21(5)11-17(22)19-13(2)3/h7-10,13-14H,6,11-12H2,1-5H3,(H,19,22)(H,20,23)/p+1/t14-/m0/s1. The largest absolute Gasteiger partial charge is 0.349 e. The number of benzene rings is 1. The number of amides is 2. The van der Waals surface area contributed by atoms with Crippen molar-refractivity contribution in [1.82, 2.24) is 5.32 Å². The van der Waals surface area contributed by atoms with Gasteiger partial charge in [-0.2, -0.15) is 0 Å². The number of anilines is 1. The van der Waals surface area contributed by atoms with Crippen LogP contribution in [0, 0.1) is 0 Å². The fourth-order valence-electron chi connectivity index (χ4n) is 2.44. The van der Waals surface area contributed by atoms with Crippen molar-refractivity contribution in [3.8, 4) is 0 Å². The van der Waals surface area contributed by atoms with Gasteiger partial charge in [0.25, 0.3) is 11.8 Å². The first kappa shape index (κ1) is 19.2. The highest BCUT2D eigenvalue weighted by atomic mass is 16.2. The van der Waals surface area contributed by atoms with Crippen LogP contribution in [0.3, 0.4) is 0 Å². The minimum absolute atomic E-state index is 0.0368. The van der Waals surface area contributed by atoms with Crippen molar-refractivity contribution in [2.45, 2.75) is 46.1 Å². The highest BCUT2D eigenvalue weighted by molar-refractivity contribution is 5.92. The molecule has 23 heavy (non-hydrogen) atoms. The van der Waals surface area contributed by atoms with E-state index in [2.05, 4.69) is 30.5 Å². The number of hydrogen-bond donors (Lipinski definition) is 3. The van der Waals surface area contributed by atoms with Crippen LogP contribution in [0.5, 0.6) is 0 Å². The lowest BCUT2D eigenvalue weighted by molar-refractivity contribution is -0.862. The van der Waals surface area contributed by atoms with Gasteiger partial charge in [0.05, 0.1) is 7.05 Å². The Kier molecular flexibility index (Phi) is 7.75. The summed E-state index contributed by atoms with van der Waals surface area (Å²) in [7, 11) is 1.85. The number of likely N-dealkylation sites (N-methyl/N-ethyl adjacent to an activating group) is 1. The van der Waals surface area contributed by atoms with E-state index in [0.717, 1.165) is 22.6 Å². The summed E-state index contributed by atoms with van der Waals surface area (Å²) in [6.07, 6.45) is 1.02. The van der Waals surface area contributed by atoms with Crippen molar-refractivity contribution in [3.63, 3.8) is 0 Å². The normalized spacial score (nSPS) is 13.5. The molecule has 0 aliphatic heterocycles. The first-order chi connectivity index (χ1) is 10.8. The third-order valence-electron chi connectivity index (χ3n) is 3.75. The predicted octanol–water partition coefficient (Wildman–Crippen LogP) is 1.18. The Labute approximate surface area is 139 Å². The Morgan fingerprint density at radius 1 is 1.09 bits per heavy atom. The lowest BCUT2D eigenvalue weighted by atomic mass is 9.97. The van der Waals surface area contributed by atoms with Crippen molar-refractivity contribution >= 4 is 17.5 Å². The molecule has 0 spiro atoms. The number of quaternary nitrogens is 1. The van der Waals surface area contributed by atoms with Crippen LogP contribution in [0.1, 0.15) is 45.6 Å². The van der Waals surface area contributed by atoms with Gasteiger partial charge in [-0.1, -0.05) is 32.0 Å². The molecular weight excluding hydrogens is 290 g/mol. The molecule has 128 valence electrons. The van der Waals surface area contributed by atoms with Crippen molar-refractivity contribution in [2.75, 3.05) is 25.5 Å². The van der Waals surface area contributed by atoms with Crippen molar-refractivity contribution < 1.29 is 14.5 Å². The van der Waals surface area contributed by atoms with E-state index in [1.807, 2.05) is 39.1 Å². The summed E-state index contributed by atoms with van der Waals surface area (Å²) < 4.78 is 0. The van der Waals surface area contributed by atoms with Gasteiger partial charge >= 0.3 is 0 Å². The lowest BCUT2D eigenvalue weighted by Crippen LogP contribution is -3.11. The third kappa shape index (κ3) is 6.82. The first-order valence-electron chi connectivity index (χ1n) is 8.32. The first-order valence-corrected chi connectivity index (χ1v) is 8.32. The zero-order valence-electron chi connectivity index (χ0n) is 14.9. The third-order valence-corrected chi connectivity index (χ3v) is 3.75. The van der Waals surface area contributed by atoms with E-state index in [1.54, 1.807) is 0 Å². The van der Waals surface area contributed by atoms with Gasteiger partial charge in [0.2, 0.25) is 0 Å². The van der Waals surface area contributed by atoms with Gasteiger partial charge in [0, 0.05) is 11.7 Å². The van der Waals surface area contributed by atoms with Crippen LogP contribution in [0.4, 0.5) is 5.69 Å². The summed E-state index contributed by atoms with van der Waals surface area (Å²) in [5.41, 5.74) is 2.02. The van der Waals surface area contributed by atoms with Gasteiger partial charge in [-0.3, -0.25) is 9.59 Å². The quantitative estimate of drug-likeness (QED) is 0.673. The molecule has 1 unspecified atom stereocenters. The molecule has 5 nitrogen and oxygen atoms in total. The Morgan fingerprint density at radius 2 is 1.70 bits per heavy atom. The molecule has 1 aromatic rings. The Balaban J connectivity index is 2.58. The molecule has 0 saturated carbocycles. The lowest BCUT2D eigenvalue weighted by Gasteiger charge is -2.17. The molecule has 0 radical (unpaired) electrons. The van der Waals surface area contributed by atoms with Gasteiger partial charge in [-0.15, -0.1) is 0 Å². The molecule has 0 aliphatic rings. The van der Waals surface area contributed by atoms with Gasteiger partial charge in [-0.05, 0) is 37.8 Å². The summed E-state index contributed by atoms with van der Waals surface area (Å²) in [4.78, 5) is 24.8. The monoisotopic (exact) mass is 320 g/mol. The minimum atomic E-state index is -0.0735. The summed E-state index contributed by atoms with van der Waals surface area (Å²) in [5, 5.41) is 5.82. The number of carbonyl (C=O) groups excluding carboxylic acids is 2. The highest BCUT2D eigenvalue weighted by Crippen LogP contribution is 2.26. The number of para-hydroxylation sites is 1. The van der Waals surface area contributed by atoms with Gasteiger partial charge in [-0.25, -0.2) is 0 Å². The van der Waals surface area contributed by atoms with Crippen LogP contribution in [0.2, 0.25) is 0 Å². The molecule has 1 aromatic carbocycles. The second kappa shape index (κ2) is 9.30. The number of hydrogen-bond acceptors (Lipinski definition) is 2. The van der Waals surface area contributed by atoms with Crippen molar-refractivity contribution in [1.29, 1.82) is 0 Å². The molecule has 3 N–H and O–H groups in total. The molecule has 0 aliphatic carbocycles. The fourth-order valence-corrected chi connectivity index (χ4v) is 2.44. The van der Waals surface area contributed by atoms with E-state index in [9.17, 15) is 9.59 Å². The maximum atomic E-state index is 12.2. The Hall–Kier alpha value is -1.88. The van der Waals surface area contributed by atoms with Crippen LogP contribution < -0.4 is 15.5 Å². The van der Waals surface area contributed by atoms with Crippen LogP contribution in [-0.2, 0) is 9.59 Å².